The summed E-state index contributed by atoms with van der Waals surface area (Å²) in [5.74, 6) is 0.577. The molecule has 4 heteroatoms. The van der Waals surface area contributed by atoms with Gasteiger partial charge in [0.1, 0.15) is 0 Å². The number of nitrogens with one attached hydrogen (secondary N) is 2. The number of rotatable bonds is 4. The first kappa shape index (κ1) is 12.4. The first-order chi connectivity index (χ1) is 8.08. The number of halogens is 1. The van der Waals surface area contributed by atoms with Crippen LogP contribution in [-0.2, 0) is 4.74 Å². The molecule has 0 unspecified atom stereocenters. The summed E-state index contributed by atoms with van der Waals surface area (Å²) >= 11 is 6.19. The summed E-state index contributed by atoms with van der Waals surface area (Å²) < 4.78 is 5.14. The highest BCUT2D eigenvalue weighted by Gasteiger charge is 2.19. The molecule has 1 aromatic carbocycles. The molecule has 1 heterocycles. The molecule has 2 rings (SSSR count). The smallest absolute Gasteiger partial charge is 0.0533 e. The van der Waals surface area contributed by atoms with Gasteiger partial charge in [0.2, 0.25) is 0 Å². The first-order valence-electron chi connectivity index (χ1n) is 5.75. The molecule has 0 saturated carbocycles. The van der Waals surface area contributed by atoms with Gasteiger partial charge in [0.15, 0.2) is 0 Å². The fraction of sp³-hybridized carbons (Fsp3) is 0.462. The third-order valence-corrected chi connectivity index (χ3v) is 3.20. The molecule has 1 saturated heterocycles. The van der Waals surface area contributed by atoms with Gasteiger partial charge < -0.3 is 15.5 Å². The Morgan fingerprint density at radius 1 is 1.53 bits per heavy atom. The Hall–Kier alpha value is -1.06. The highest BCUT2D eigenvalue weighted by atomic mass is 35.5. The number of hydrogen-bond donors (Lipinski definition) is 2. The minimum atomic E-state index is 0.488. The van der Waals surface area contributed by atoms with Crippen molar-refractivity contribution >= 4 is 23.0 Å². The van der Waals surface area contributed by atoms with Crippen molar-refractivity contribution in [2.24, 2.45) is 5.92 Å². The topological polar surface area (TPSA) is 45.1 Å². The highest BCUT2D eigenvalue weighted by Crippen LogP contribution is 2.27. The van der Waals surface area contributed by atoms with Crippen LogP contribution in [0.2, 0.25) is 5.02 Å². The Kier molecular flexibility index (Phi) is 3.69. The number of hydrogen-bond acceptors (Lipinski definition) is 3. The Balaban J connectivity index is 2.20. The van der Waals surface area contributed by atoms with Gasteiger partial charge in [-0.3, -0.25) is 0 Å². The van der Waals surface area contributed by atoms with E-state index < -0.39 is 0 Å². The predicted octanol–water partition coefficient (Wildman–Crippen LogP) is 3.09. The van der Waals surface area contributed by atoms with Crippen molar-refractivity contribution in [3.8, 4) is 0 Å². The Bertz CT molecular complexity index is 441. The van der Waals surface area contributed by atoms with E-state index in [0.29, 0.717) is 16.7 Å². The van der Waals surface area contributed by atoms with E-state index in [-0.39, 0.29) is 0 Å². The van der Waals surface area contributed by atoms with Gasteiger partial charge in [-0.15, -0.1) is 0 Å². The second kappa shape index (κ2) is 5.07. The van der Waals surface area contributed by atoms with Crippen LogP contribution in [0.25, 0.3) is 0 Å². The summed E-state index contributed by atoms with van der Waals surface area (Å²) in [4.78, 5) is 0. The first-order valence-corrected chi connectivity index (χ1v) is 6.13. The predicted molar refractivity (Wildman–Crippen MR) is 71.5 cm³/mol. The summed E-state index contributed by atoms with van der Waals surface area (Å²) in [6.45, 7) is 6.29. The molecule has 1 aromatic rings. The van der Waals surface area contributed by atoms with E-state index in [1.165, 1.54) is 0 Å². The van der Waals surface area contributed by atoms with Crippen molar-refractivity contribution in [3.05, 3.63) is 28.3 Å². The molecule has 0 aliphatic carbocycles. The summed E-state index contributed by atoms with van der Waals surface area (Å²) in [5.41, 5.74) is 3.35. The number of ether oxygens (including phenoxy) is 1. The van der Waals surface area contributed by atoms with E-state index >= 15 is 0 Å². The van der Waals surface area contributed by atoms with Gasteiger partial charge in [-0.05, 0) is 31.5 Å². The monoisotopic (exact) mass is 252 g/mol. The van der Waals surface area contributed by atoms with E-state index in [0.717, 1.165) is 36.6 Å². The molecule has 3 nitrogen and oxygen atoms in total. The lowest BCUT2D eigenvalue weighted by atomic mass is 10.0. The molecule has 0 radical (unpaired) electrons. The van der Waals surface area contributed by atoms with Gasteiger partial charge in [0.05, 0.1) is 18.2 Å². The van der Waals surface area contributed by atoms with Crippen molar-refractivity contribution < 1.29 is 4.74 Å². The second-order valence-corrected chi connectivity index (χ2v) is 4.99. The lowest BCUT2D eigenvalue weighted by Crippen LogP contribution is -2.33. The van der Waals surface area contributed by atoms with Gasteiger partial charge >= 0.3 is 0 Å². The second-order valence-electron chi connectivity index (χ2n) is 4.58. The molecular formula is C13H17ClN2O. The van der Waals surface area contributed by atoms with Crippen LogP contribution in [0.1, 0.15) is 18.1 Å². The maximum absolute atomic E-state index is 7.78. The van der Waals surface area contributed by atoms with Crippen LogP contribution in [0.5, 0.6) is 0 Å². The van der Waals surface area contributed by atoms with Gasteiger partial charge in [0, 0.05) is 29.4 Å². The average molecular weight is 253 g/mol. The third kappa shape index (κ3) is 2.79. The van der Waals surface area contributed by atoms with Crippen LogP contribution in [0.4, 0.5) is 5.69 Å². The normalized spacial score (nSPS) is 15.5. The number of aryl methyl sites for hydroxylation is 1. The molecular weight excluding hydrogens is 236 g/mol. The maximum Gasteiger partial charge on any atom is 0.0533 e. The van der Waals surface area contributed by atoms with Crippen molar-refractivity contribution in [2.45, 2.75) is 13.8 Å². The lowest BCUT2D eigenvalue weighted by Gasteiger charge is -2.27. The number of benzene rings is 1. The number of anilines is 1. The van der Waals surface area contributed by atoms with E-state index in [4.69, 9.17) is 21.7 Å². The SMILES string of the molecule is CC(=N)c1c(Cl)cc(C)cc1NCC1COC1. The molecule has 92 valence electrons. The molecule has 2 N–H and O–H groups in total. The summed E-state index contributed by atoms with van der Waals surface area (Å²) in [7, 11) is 0. The van der Waals surface area contributed by atoms with Crippen LogP contribution < -0.4 is 5.32 Å². The molecule has 0 amide bonds. The van der Waals surface area contributed by atoms with Gasteiger partial charge in [-0.25, -0.2) is 0 Å². The van der Waals surface area contributed by atoms with Crippen molar-refractivity contribution in [3.63, 3.8) is 0 Å². The molecule has 0 aromatic heterocycles. The van der Waals surface area contributed by atoms with Gasteiger partial charge in [0.25, 0.3) is 0 Å². The Morgan fingerprint density at radius 2 is 2.24 bits per heavy atom. The van der Waals surface area contributed by atoms with Crippen LogP contribution in [0, 0.1) is 18.3 Å². The average Bonchev–Trinajstić information content (AvgIpc) is 2.12. The van der Waals surface area contributed by atoms with Gasteiger partial charge in [-0.2, -0.15) is 0 Å². The Morgan fingerprint density at radius 3 is 2.76 bits per heavy atom. The van der Waals surface area contributed by atoms with Gasteiger partial charge in [-0.1, -0.05) is 11.6 Å². The largest absolute Gasteiger partial charge is 0.384 e. The zero-order valence-electron chi connectivity index (χ0n) is 10.1. The molecule has 17 heavy (non-hydrogen) atoms. The zero-order chi connectivity index (χ0) is 12.4. The van der Waals surface area contributed by atoms with Crippen LogP contribution in [0.15, 0.2) is 12.1 Å². The van der Waals surface area contributed by atoms with Crippen LogP contribution in [0.3, 0.4) is 0 Å². The van der Waals surface area contributed by atoms with Crippen LogP contribution in [-0.4, -0.2) is 25.5 Å². The summed E-state index contributed by atoms with van der Waals surface area (Å²) in [6.07, 6.45) is 0. The molecule has 1 fully saturated rings. The standard InChI is InChI=1S/C13H17ClN2O/c1-8-3-11(14)13(9(2)15)12(4-8)16-5-10-6-17-7-10/h3-4,10,15-16H,5-7H2,1-2H3. The minimum Gasteiger partial charge on any atom is -0.384 e. The van der Waals surface area contributed by atoms with Crippen LogP contribution >= 0.6 is 11.6 Å². The maximum atomic E-state index is 7.78. The quantitative estimate of drug-likeness (QED) is 0.809. The summed E-state index contributed by atoms with van der Waals surface area (Å²) in [6, 6.07) is 3.94. The van der Waals surface area contributed by atoms with Crippen molar-refractivity contribution in [1.82, 2.24) is 0 Å². The van der Waals surface area contributed by atoms with E-state index in [1.807, 2.05) is 19.1 Å². The highest BCUT2D eigenvalue weighted by molar-refractivity contribution is 6.34. The van der Waals surface area contributed by atoms with Crippen molar-refractivity contribution in [2.75, 3.05) is 25.1 Å². The molecule has 1 aliphatic rings. The zero-order valence-corrected chi connectivity index (χ0v) is 10.9. The van der Waals surface area contributed by atoms with Crippen molar-refractivity contribution in [1.29, 1.82) is 5.41 Å². The minimum absolute atomic E-state index is 0.488. The van der Waals surface area contributed by atoms with E-state index in [1.54, 1.807) is 6.92 Å². The fourth-order valence-corrected chi connectivity index (χ4v) is 2.34. The van der Waals surface area contributed by atoms with E-state index in [9.17, 15) is 0 Å². The fourth-order valence-electron chi connectivity index (χ4n) is 1.92. The Labute approximate surface area is 107 Å². The van der Waals surface area contributed by atoms with E-state index in [2.05, 4.69) is 5.32 Å². The molecule has 1 aliphatic heterocycles. The molecule has 0 bridgehead atoms. The molecule has 0 spiro atoms. The molecule has 0 atom stereocenters. The summed E-state index contributed by atoms with van der Waals surface area (Å²) in [5, 5.41) is 11.8. The third-order valence-electron chi connectivity index (χ3n) is 2.90. The lowest BCUT2D eigenvalue weighted by molar-refractivity contribution is -0.0248.